The van der Waals surface area contributed by atoms with E-state index >= 15 is 0 Å². The van der Waals surface area contributed by atoms with Crippen molar-refractivity contribution in [3.63, 3.8) is 0 Å². The number of benzene rings is 1. The largest absolute Gasteiger partial charge is 0.384 e. The first-order chi connectivity index (χ1) is 13.2. The quantitative estimate of drug-likeness (QED) is 0.699. The zero-order valence-corrected chi connectivity index (χ0v) is 16.9. The number of carbonyl (C=O) groups is 1. The number of para-hydroxylation sites is 1. The predicted octanol–water partition coefficient (Wildman–Crippen LogP) is 4.29. The van der Waals surface area contributed by atoms with Gasteiger partial charge in [-0.05, 0) is 67.8 Å². The van der Waals surface area contributed by atoms with Gasteiger partial charge in [0, 0.05) is 37.2 Å². The first-order valence-corrected chi connectivity index (χ1v) is 10.7. The molecule has 1 aliphatic heterocycles. The normalized spacial score (nSPS) is 16.9. The Bertz CT molecular complexity index is 667. The van der Waals surface area contributed by atoms with Crippen LogP contribution in [-0.2, 0) is 16.0 Å². The number of piperidine rings is 1. The van der Waals surface area contributed by atoms with Crippen LogP contribution in [0.25, 0.3) is 0 Å². The zero-order chi connectivity index (χ0) is 18.9. The Balaban J connectivity index is 1.45. The Morgan fingerprint density at radius 1 is 1.22 bits per heavy atom. The van der Waals surface area contributed by atoms with E-state index < -0.39 is 0 Å². The second-order valence-corrected chi connectivity index (χ2v) is 8.37. The van der Waals surface area contributed by atoms with Gasteiger partial charge in [0.05, 0.1) is 0 Å². The van der Waals surface area contributed by atoms with Crippen LogP contribution < -0.4 is 5.32 Å². The van der Waals surface area contributed by atoms with E-state index in [2.05, 4.69) is 27.7 Å². The highest BCUT2D eigenvalue weighted by Gasteiger charge is 2.28. The van der Waals surface area contributed by atoms with Crippen molar-refractivity contribution in [1.82, 2.24) is 4.90 Å². The van der Waals surface area contributed by atoms with E-state index in [1.807, 2.05) is 41.7 Å². The summed E-state index contributed by atoms with van der Waals surface area (Å²) in [6, 6.07) is 14.0. The molecule has 3 rings (SSSR count). The maximum atomic E-state index is 12.5. The molecular formula is C22H30N2O2S. The van der Waals surface area contributed by atoms with Crippen molar-refractivity contribution in [2.75, 3.05) is 38.7 Å². The highest BCUT2D eigenvalue weighted by Crippen LogP contribution is 2.28. The number of anilines is 1. The molecule has 0 bridgehead atoms. The molecular weight excluding hydrogens is 356 g/mol. The van der Waals surface area contributed by atoms with Gasteiger partial charge >= 0.3 is 0 Å². The van der Waals surface area contributed by atoms with Crippen LogP contribution in [-0.4, -0.2) is 44.2 Å². The molecule has 0 radical (unpaired) electrons. The summed E-state index contributed by atoms with van der Waals surface area (Å²) in [5.41, 5.74) is 0.863. The van der Waals surface area contributed by atoms with Crippen LogP contribution in [0.4, 0.5) is 5.69 Å². The molecule has 1 atom stereocenters. The zero-order valence-electron chi connectivity index (χ0n) is 16.1. The number of rotatable bonds is 9. The van der Waals surface area contributed by atoms with Crippen molar-refractivity contribution in [3.8, 4) is 0 Å². The van der Waals surface area contributed by atoms with E-state index in [-0.39, 0.29) is 11.8 Å². The van der Waals surface area contributed by atoms with E-state index in [9.17, 15) is 4.79 Å². The third kappa shape index (κ3) is 6.45. The van der Waals surface area contributed by atoms with Gasteiger partial charge in [-0.25, -0.2) is 0 Å². The number of thiophene rings is 1. The maximum Gasteiger partial charge on any atom is 0.224 e. The van der Waals surface area contributed by atoms with Crippen molar-refractivity contribution in [2.45, 2.75) is 25.7 Å². The number of amides is 1. The van der Waals surface area contributed by atoms with Crippen molar-refractivity contribution in [1.29, 1.82) is 0 Å². The summed E-state index contributed by atoms with van der Waals surface area (Å²) in [6.45, 7) is 4.03. The van der Waals surface area contributed by atoms with Crippen LogP contribution >= 0.6 is 11.3 Å². The highest BCUT2D eigenvalue weighted by molar-refractivity contribution is 7.09. The minimum atomic E-state index is 0.0865. The average molecular weight is 387 g/mol. The smallest absolute Gasteiger partial charge is 0.224 e. The Hall–Kier alpha value is -1.69. The highest BCUT2D eigenvalue weighted by atomic mass is 32.1. The van der Waals surface area contributed by atoms with Gasteiger partial charge in [-0.2, -0.15) is 0 Å². The van der Waals surface area contributed by atoms with Crippen molar-refractivity contribution in [2.24, 2.45) is 11.8 Å². The summed E-state index contributed by atoms with van der Waals surface area (Å²) >= 11 is 1.84. The summed E-state index contributed by atoms with van der Waals surface area (Å²) in [4.78, 5) is 16.5. The molecule has 1 aromatic carbocycles. The summed E-state index contributed by atoms with van der Waals surface area (Å²) < 4.78 is 5.44. The molecule has 1 aliphatic rings. The molecule has 2 aromatic rings. The summed E-state index contributed by atoms with van der Waals surface area (Å²) in [5.74, 6) is 0.936. The van der Waals surface area contributed by atoms with Gasteiger partial charge in [0.15, 0.2) is 0 Å². The molecule has 2 heterocycles. The minimum absolute atomic E-state index is 0.0865. The van der Waals surface area contributed by atoms with E-state index in [4.69, 9.17) is 4.74 Å². The minimum Gasteiger partial charge on any atom is -0.384 e. The molecule has 1 unspecified atom stereocenters. The van der Waals surface area contributed by atoms with Gasteiger partial charge in [-0.15, -0.1) is 11.3 Å². The third-order valence-electron chi connectivity index (χ3n) is 5.44. The van der Waals surface area contributed by atoms with Gasteiger partial charge < -0.3 is 15.0 Å². The van der Waals surface area contributed by atoms with Gasteiger partial charge in [0.25, 0.3) is 0 Å². The molecule has 0 aliphatic carbocycles. The number of carbonyl (C=O) groups excluding carboxylic acids is 1. The molecule has 1 saturated heterocycles. The maximum absolute atomic E-state index is 12.5. The van der Waals surface area contributed by atoms with E-state index in [1.165, 1.54) is 4.88 Å². The molecule has 0 spiro atoms. The van der Waals surface area contributed by atoms with Gasteiger partial charge in [0.1, 0.15) is 0 Å². The summed E-state index contributed by atoms with van der Waals surface area (Å²) in [6.07, 6.45) is 3.97. The molecule has 4 nitrogen and oxygen atoms in total. The second-order valence-electron chi connectivity index (χ2n) is 7.34. The van der Waals surface area contributed by atoms with Crippen molar-refractivity contribution < 1.29 is 9.53 Å². The van der Waals surface area contributed by atoms with Gasteiger partial charge in [-0.3, -0.25) is 4.79 Å². The lowest BCUT2D eigenvalue weighted by molar-refractivity contribution is -0.118. The van der Waals surface area contributed by atoms with Crippen LogP contribution in [0, 0.1) is 11.8 Å². The second kappa shape index (κ2) is 10.6. The van der Waals surface area contributed by atoms with Crippen LogP contribution in [0.1, 0.15) is 24.1 Å². The van der Waals surface area contributed by atoms with Gasteiger partial charge in [0.2, 0.25) is 5.91 Å². The molecule has 0 saturated carbocycles. The lowest BCUT2D eigenvalue weighted by Gasteiger charge is -2.35. The number of hydrogen-bond donors (Lipinski definition) is 1. The van der Waals surface area contributed by atoms with Crippen LogP contribution in [0.2, 0.25) is 0 Å². The van der Waals surface area contributed by atoms with E-state index in [1.54, 1.807) is 7.11 Å². The molecule has 1 aromatic heterocycles. The molecule has 1 fully saturated rings. The fourth-order valence-corrected chi connectivity index (χ4v) is 4.62. The molecule has 5 heteroatoms. The molecule has 146 valence electrons. The topological polar surface area (TPSA) is 41.6 Å². The van der Waals surface area contributed by atoms with E-state index in [0.29, 0.717) is 18.9 Å². The standard InChI is InChI=1S/C22H30N2O2S/c1-26-17-19(16-22(25)23-20-6-3-2-4-7-20)18-9-12-24(13-10-18)14-11-21-8-5-15-27-21/h2-8,15,18-19H,9-14,16-17H2,1H3,(H,23,25). The van der Waals surface area contributed by atoms with Crippen LogP contribution in [0.3, 0.4) is 0 Å². The molecule has 1 amide bonds. The lowest BCUT2D eigenvalue weighted by Crippen LogP contribution is -2.39. The number of methoxy groups -OCH3 is 1. The number of ether oxygens (including phenoxy) is 1. The van der Waals surface area contributed by atoms with Crippen molar-refractivity contribution >= 4 is 22.9 Å². The Labute approximate surface area is 166 Å². The monoisotopic (exact) mass is 386 g/mol. The molecule has 1 N–H and O–H groups in total. The van der Waals surface area contributed by atoms with Crippen LogP contribution in [0.15, 0.2) is 47.8 Å². The number of nitrogens with zero attached hydrogens (tertiary/aromatic N) is 1. The Morgan fingerprint density at radius 3 is 2.67 bits per heavy atom. The number of hydrogen-bond acceptors (Lipinski definition) is 4. The Morgan fingerprint density at radius 2 is 2.00 bits per heavy atom. The fourth-order valence-electron chi connectivity index (χ4n) is 3.92. The summed E-state index contributed by atoms with van der Waals surface area (Å²) in [7, 11) is 1.73. The first-order valence-electron chi connectivity index (χ1n) is 9.83. The number of nitrogens with one attached hydrogen (secondary N) is 1. The Kier molecular flexibility index (Phi) is 7.87. The lowest BCUT2D eigenvalue weighted by atomic mass is 9.82. The average Bonchev–Trinajstić information content (AvgIpc) is 3.21. The predicted molar refractivity (Wildman–Crippen MR) is 112 cm³/mol. The SMILES string of the molecule is COCC(CC(=O)Nc1ccccc1)C1CCN(CCc2cccs2)CC1. The third-order valence-corrected chi connectivity index (χ3v) is 6.38. The summed E-state index contributed by atoms with van der Waals surface area (Å²) in [5, 5.41) is 5.16. The number of likely N-dealkylation sites (tertiary alicyclic amines) is 1. The van der Waals surface area contributed by atoms with Gasteiger partial charge in [-0.1, -0.05) is 24.3 Å². The fraction of sp³-hybridized carbons (Fsp3) is 0.500. The molecule has 27 heavy (non-hydrogen) atoms. The van der Waals surface area contributed by atoms with Crippen LogP contribution in [0.5, 0.6) is 0 Å². The first kappa shape index (κ1) is 20.1. The van der Waals surface area contributed by atoms with Crippen molar-refractivity contribution in [3.05, 3.63) is 52.7 Å². The van der Waals surface area contributed by atoms with E-state index in [0.717, 1.165) is 44.6 Å².